The van der Waals surface area contributed by atoms with Crippen LogP contribution < -0.4 is 10.1 Å². The van der Waals surface area contributed by atoms with Gasteiger partial charge in [-0.1, -0.05) is 12.5 Å². The maximum absolute atomic E-state index is 14.7. The van der Waals surface area contributed by atoms with Crippen molar-refractivity contribution in [1.29, 1.82) is 0 Å². The number of hydrogen-bond acceptors (Lipinski definition) is 6. The summed E-state index contributed by atoms with van der Waals surface area (Å²) in [5.74, 6) is 0.412. The fraction of sp³-hybridized carbons (Fsp3) is 0.375. The van der Waals surface area contributed by atoms with Crippen LogP contribution in [-0.2, 0) is 0 Å². The molecule has 0 spiro atoms. The van der Waals surface area contributed by atoms with E-state index in [2.05, 4.69) is 20.5 Å². The number of hydrogen-bond donors (Lipinski definition) is 2. The molecule has 4 atom stereocenters. The van der Waals surface area contributed by atoms with Gasteiger partial charge in [0, 0.05) is 48.1 Å². The van der Waals surface area contributed by atoms with Gasteiger partial charge in [0.25, 0.3) is 0 Å². The van der Waals surface area contributed by atoms with Crippen molar-refractivity contribution >= 4 is 0 Å². The van der Waals surface area contributed by atoms with Crippen molar-refractivity contribution in [2.75, 3.05) is 0 Å². The van der Waals surface area contributed by atoms with Gasteiger partial charge in [-0.2, -0.15) is 0 Å². The Hall–Kier alpha value is -3.06. The van der Waals surface area contributed by atoms with Gasteiger partial charge >= 0.3 is 0 Å². The Bertz CT molecular complexity index is 1080. The summed E-state index contributed by atoms with van der Waals surface area (Å²) in [6.45, 7) is 1.98. The van der Waals surface area contributed by atoms with Crippen LogP contribution >= 0.6 is 0 Å². The third-order valence-electron chi connectivity index (χ3n) is 6.17. The highest BCUT2D eigenvalue weighted by molar-refractivity contribution is 5.74. The van der Waals surface area contributed by atoms with Crippen molar-refractivity contribution in [2.24, 2.45) is 0 Å². The lowest BCUT2D eigenvalue weighted by Crippen LogP contribution is -2.59. The summed E-state index contributed by atoms with van der Waals surface area (Å²) in [6, 6.07) is 11.0. The number of aromatic nitrogens is 3. The van der Waals surface area contributed by atoms with E-state index in [0.717, 1.165) is 36.0 Å². The number of piperidine rings is 2. The molecule has 31 heavy (non-hydrogen) atoms. The van der Waals surface area contributed by atoms with Crippen molar-refractivity contribution in [2.45, 2.75) is 57.0 Å². The van der Waals surface area contributed by atoms with Crippen LogP contribution in [0.25, 0.3) is 22.4 Å². The van der Waals surface area contributed by atoms with Gasteiger partial charge in [0.1, 0.15) is 11.9 Å². The molecule has 2 N–H and O–H groups in total. The first-order valence-corrected chi connectivity index (χ1v) is 10.7. The number of aromatic hydroxyl groups is 1. The number of alkyl halides is 1. The highest BCUT2D eigenvalue weighted by atomic mass is 19.1. The molecule has 0 aliphatic carbocycles. The van der Waals surface area contributed by atoms with E-state index in [4.69, 9.17) is 4.74 Å². The van der Waals surface area contributed by atoms with Crippen molar-refractivity contribution in [3.63, 3.8) is 0 Å². The molecule has 2 aliphatic heterocycles. The first kappa shape index (κ1) is 19.9. The first-order chi connectivity index (χ1) is 15.1. The maximum Gasteiger partial charge on any atom is 0.233 e. The van der Waals surface area contributed by atoms with Crippen molar-refractivity contribution < 1.29 is 14.2 Å². The standard InChI is InChI=1S/C24H25FN4O2/c1-14-9-16(13-26-12-14)15-5-6-18(21(30)10-15)19-7-8-23(29-28-19)31-22-11-17-3-2-4-20(27-17)24(22)25/h5-10,12-13,17,20,22,24,27,30H,2-4,11H2,1H3/t17?,20?,22-,24+/m1/s1. The van der Waals surface area contributed by atoms with E-state index >= 15 is 0 Å². The number of ether oxygens (including phenoxy) is 1. The van der Waals surface area contributed by atoms with Crippen LogP contribution in [0, 0.1) is 6.92 Å². The predicted octanol–water partition coefficient (Wildman–Crippen LogP) is 4.22. The molecule has 0 saturated carbocycles. The molecule has 4 heterocycles. The SMILES string of the molecule is Cc1cncc(-c2ccc(-c3ccc(O[C@@H]4CC5CCCC(N5)[C@@H]4F)nn3)c(O)c2)c1. The number of benzene rings is 1. The molecule has 0 radical (unpaired) electrons. The Kier molecular flexibility index (Phi) is 5.28. The van der Waals surface area contributed by atoms with Gasteiger partial charge in [-0.15, -0.1) is 10.2 Å². The summed E-state index contributed by atoms with van der Waals surface area (Å²) in [5, 5.41) is 22.2. The van der Waals surface area contributed by atoms with Crippen molar-refractivity contribution in [1.82, 2.24) is 20.5 Å². The summed E-state index contributed by atoms with van der Waals surface area (Å²) in [6.07, 6.45) is 5.60. The van der Waals surface area contributed by atoms with Crippen LogP contribution in [0.1, 0.15) is 31.2 Å². The number of nitrogens with zero attached hydrogens (tertiary/aromatic N) is 3. The molecule has 0 amide bonds. The van der Waals surface area contributed by atoms with E-state index in [1.54, 1.807) is 30.6 Å². The quantitative estimate of drug-likeness (QED) is 0.658. The van der Waals surface area contributed by atoms with Gasteiger partial charge in [0.05, 0.1) is 5.69 Å². The molecule has 1 aromatic carbocycles. The Balaban J connectivity index is 1.32. The van der Waals surface area contributed by atoms with Crippen LogP contribution in [0.15, 0.2) is 48.8 Å². The Morgan fingerprint density at radius 3 is 2.74 bits per heavy atom. The number of pyridine rings is 1. The summed E-state index contributed by atoms with van der Waals surface area (Å²) in [4.78, 5) is 4.20. The summed E-state index contributed by atoms with van der Waals surface area (Å²) in [5.41, 5.74) is 3.95. The van der Waals surface area contributed by atoms with Gasteiger partial charge in [-0.3, -0.25) is 4.98 Å². The Labute approximate surface area is 180 Å². The normalized spacial score (nSPS) is 25.2. The fourth-order valence-corrected chi connectivity index (χ4v) is 4.60. The monoisotopic (exact) mass is 420 g/mol. The summed E-state index contributed by atoms with van der Waals surface area (Å²) >= 11 is 0. The van der Waals surface area contributed by atoms with Crippen LogP contribution in [-0.4, -0.2) is 44.6 Å². The zero-order valence-electron chi connectivity index (χ0n) is 17.3. The van der Waals surface area contributed by atoms with Gasteiger partial charge in [0.15, 0.2) is 6.17 Å². The third kappa shape index (κ3) is 4.10. The molecule has 7 heteroatoms. The van der Waals surface area contributed by atoms with E-state index in [1.165, 1.54) is 0 Å². The second-order valence-corrected chi connectivity index (χ2v) is 8.48. The number of fused-ring (bicyclic) bond motifs is 2. The fourth-order valence-electron chi connectivity index (χ4n) is 4.60. The average Bonchev–Trinajstić information content (AvgIpc) is 2.78. The minimum Gasteiger partial charge on any atom is -0.507 e. The lowest BCUT2D eigenvalue weighted by Gasteiger charge is -2.42. The van der Waals surface area contributed by atoms with E-state index in [-0.39, 0.29) is 11.8 Å². The molecular formula is C24H25FN4O2. The minimum absolute atomic E-state index is 0.108. The second kappa shape index (κ2) is 8.23. The molecule has 2 bridgehead atoms. The minimum atomic E-state index is -1.05. The number of rotatable bonds is 4. The number of phenolic OH excluding ortho intramolecular Hbond substituents is 1. The van der Waals surface area contributed by atoms with E-state index in [1.807, 2.05) is 25.1 Å². The molecule has 2 fully saturated rings. The topological polar surface area (TPSA) is 80.2 Å². The van der Waals surface area contributed by atoms with E-state index < -0.39 is 12.3 Å². The second-order valence-electron chi connectivity index (χ2n) is 8.48. The molecule has 6 nitrogen and oxygen atoms in total. The van der Waals surface area contributed by atoms with Crippen LogP contribution in [0.4, 0.5) is 4.39 Å². The average molecular weight is 420 g/mol. The number of phenols is 1. The molecular weight excluding hydrogens is 395 g/mol. The highest BCUT2D eigenvalue weighted by Crippen LogP contribution is 2.34. The van der Waals surface area contributed by atoms with Crippen LogP contribution in [0.2, 0.25) is 0 Å². The van der Waals surface area contributed by atoms with Gasteiger partial charge in [-0.05, 0) is 55.2 Å². The molecule has 3 aromatic rings. The van der Waals surface area contributed by atoms with Gasteiger partial charge in [-0.25, -0.2) is 4.39 Å². The lowest BCUT2D eigenvalue weighted by molar-refractivity contribution is 0.00652. The number of halogens is 1. The smallest absolute Gasteiger partial charge is 0.233 e. The van der Waals surface area contributed by atoms with Gasteiger partial charge in [0.2, 0.25) is 5.88 Å². The zero-order chi connectivity index (χ0) is 21.4. The van der Waals surface area contributed by atoms with E-state index in [9.17, 15) is 9.50 Å². The number of aryl methyl sites for hydroxylation is 1. The predicted molar refractivity (Wildman–Crippen MR) is 116 cm³/mol. The highest BCUT2D eigenvalue weighted by Gasteiger charge is 2.41. The van der Waals surface area contributed by atoms with Gasteiger partial charge < -0.3 is 15.2 Å². The van der Waals surface area contributed by atoms with Crippen molar-refractivity contribution in [3.8, 4) is 34.0 Å². The van der Waals surface area contributed by atoms with Crippen molar-refractivity contribution in [3.05, 3.63) is 54.4 Å². The zero-order valence-corrected chi connectivity index (χ0v) is 17.3. The Morgan fingerprint density at radius 1 is 1.06 bits per heavy atom. The largest absolute Gasteiger partial charge is 0.507 e. The molecule has 2 aliphatic rings. The first-order valence-electron chi connectivity index (χ1n) is 10.7. The Morgan fingerprint density at radius 2 is 1.97 bits per heavy atom. The molecule has 160 valence electrons. The summed E-state index contributed by atoms with van der Waals surface area (Å²) in [7, 11) is 0. The summed E-state index contributed by atoms with van der Waals surface area (Å²) < 4.78 is 20.6. The third-order valence-corrected chi connectivity index (χ3v) is 6.17. The van der Waals surface area contributed by atoms with Crippen LogP contribution in [0.3, 0.4) is 0 Å². The number of nitrogens with one attached hydrogen (secondary N) is 1. The maximum atomic E-state index is 14.7. The van der Waals surface area contributed by atoms with E-state index in [0.29, 0.717) is 29.6 Å². The molecule has 2 aromatic heterocycles. The lowest BCUT2D eigenvalue weighted by atomic mass is 9.84. The molecule has 5 rings (SSSR count). The molecule has 2 unspecified atom stereocenters. The molecule has 2 saturated heterocycles. The van der Waals surface area contributed by atoms with Crippen LogP contribution in [0.5, 0.6) is 11.6 Å².